The number of anilines is 1. The monoisotopic (exact) mass is 370 g/mol. The lowest BCUT2D eigenvalue weighted by molar-refractivity contribution is -0.136. The summed E-state index contributed by atoms with van der Waals surface area (Å²) in [6.07, 6.45) is 3.59. The number of ether oxygens (including phenoxy) is 1. The molecule has 0 saturated heterocycles. The summed E-state index contributed by atoms with van der Waals surface area (Å²) in [5.74, 6) is -0.387. The molecule has 1 aromatic carbocycles. The van der Waals surface area contributed by atoms with Crippen molar-refractivity contribution in [3.05, 3.63) is 58.6 Å². The zero-order valence-corrected chi connectivity index (χ0v) is 16.3. The third-order valence-electron chi connectivity index (χ3n) is 4.55. The standard InChI is InChI=1S/C19H22N4O2S/c1-11-6-7-12(2)15(8-11)23-13(3)16(18(24)25-5)17(21-19(23)26)14-9-20-22(4)10-14/h6-10,17H,1-5H3,(H,21,26)/t17-/m1/s1. The number of methoxy groups -OCH3 is 1. The van der Waals surface area contributed by atoms with Crippen LogP contribution < -0.4 is 10.2 Å². The molecule has 0 spiro atoms. The predicted octanol–water partition coefficient (Wildman–Crippen LogP) is 2.92. The smallest absolute Gasteiger partial charge is 0.337 e. The number of rotatable bonds is 3. The highest BCUT2D eigenvalue weighted by Gasteiger charge is 2.36. The van der Waals surface area contributed by atoms with Crippen molar-refractivity contribution in [2.45, 2.75) is 26.8 Å². The first-order valence-corrected chi connectivity index (χ1v) is 8.69. The number of benzene rings is 1. The van der Waals surface area contributed by atoms with Gasteiger partial charge in [-0.05, 0) is 50.2 Å². The number of carbonyl (C=O) groups excluding carboxylic acids is 1. The average Bonchev–Trinajstić information content (AvgIpc) is 3.03. The largest absolute Gasteiger partial charge is 0.466 e. The van der Waals surface area contributed by atoms with Crippen LogP contribution in [0.4, 0.5) is 5.69 Å². The Balaban J connectivity index is 2.18. The quantitative estimate of drug-likeness (QED) is 0.662. The van der Waals surface area contributed by atoms with Crippen molar-refractivity contribution >= 4 is 29.0 Å². The summed E-state index contributed by atoms with van der Waals surface area (Å²) in [7, 11) is 3.22. The molecule has 0 radical (unpaired) electrons. The average molecular weight is 370 g/mol. The molecular formula is C19H22N4O2S. The van der Waals surface area contributed by atoms with E-state index in [2.05, 4.69) is 22.5 Å². The molecule has 2 heterocycles. The van der Waals surface area contributed by atoms with Crippen molar-refractivity contribution in [2.75, 3.05) is 12.0 Å². The van der Waals surface area contributed by atoms with E-state index in [0.717, 1.165) is 28.1 Å². The highest BCUT2D eigenvalue weighted by molar-refractivity contribution is 7.80. The first kappa shape index (κ1) is 18.1. The molecule has 0 unspecified atom stereocenters. The minimum atomic E-state index is -0.398. The highest BCUT2D eigenvalue weighted by atomic mass is 32.1. The molecule has 0 fully saturated rings. The van der Waals surface area contributed by atoms with Crippen molar-refractivity contribution in [1.29, 1.82) is 0 Å². The number of allylic oxidation sites excluding steroid dienone is 1. The second-order valence-corrected chi connectivity index (χ2v) is 6.83. The van der Waals surface area contributed by atoms with Gasteiger partial charge in [-0.25, -0.2) is 4.79 Å². The van der Waals surface area contributed by atoms with Gasteiger partial charge in [0, 0.05) is 24.5 Å². The Labute approximate surface area is 158 Å². The number of nitrogens with zero attached hydrogens (tertiary/aromatic N) is 3. The van der Waals surface area contributed by atoms with Gasteiger partial charge in [0.15, 0.2) is 5.11 Å². The van der Waals surface area contributed by atoms with Gasteiger partial charge >= 0.3 is 5.97 Å². The molecule has 0 amide bonds. The summed E-state index contributed by atoms with van der Waals surface area (Å²) in [5, 5.41) is 8.03. The number of carbonyl (C=O) groups is 1. The van der Waals surface area contributed by atoms with E-state index in [9.17, 15) is 4.79 Å². The van der Waals surface area contributed by atoms with Gasteiger partial charge in [-0.3, -0.25) is 9.58 Å². The van der Waals surface area contributed by atoms with Gasteiger partial charge in [0.2, 0.25) is 0 Å². The number of aryl methyl sites for hydroxylation is 3. The summed E-state index contributed by atoms with van der Waals surface area (Å²) in [6, 6.07) is 5.76. The minimum absolute atomic E-state index is 0.387. The van der Waals surface area contributed by atoms with E-state index in [1.54, 1.807) is 10.9 Å². The number of thiocarbonyl (C=S) groups is 1. The fourth-order valence-corrected chi connectivity index (χ4v) is 3.56. The van der Waals surface area contributed by atoms with Crippen LogP contribution in [0, 0.1) is 13.8 Å². The van der Waals surface area contributed by atoms with Gasteiger partial charge in [-0.15, -0.1) is 0 Å². The lowest BCUT2D eigenvalue weighted by Gasteiger charge is -2.37. The zero-order chi connectivity index (χ0) is 19.0. The minimum Gasteiger partial charge on any atom is -0.466 e. The van der Waals surface area contributed by atoms with Crippen molar-refractivity contribution < 1.29 is 9.53 Å². The molecule has 1 aliphatic rings. The molecule has 0 saturated carbocycles. The molecule has 1 aromatic heterocycles. The molecule has 0 bridgehead atoms. The Hall–Kier alpha value is -2.67. The Kier molecular flexibility index (Phi) is 4.82. The van der Waals surface area contributed by atoms with Crippen molar-refractivity contribution in [3.8, 4) is 0 Å². The lowest BCUT2D eigenvalue weighted by Crippen LogP contribution is -2.48. The first-order chi connectivity index (χ1) is 12.3. The molecule has 3 rings (SSSR count). The summed E-state index contributed by atoms with van der Waals surface area (Å²) < 4.78 is 6.75. The van der Waals surface area contributed by atoms with E-state index in [1.807, 2.05) is 45.0 Å². The molecule has 26 heavy (non-hydrogen) atoms. The summed E-state index contributed by atoms with van der Waals surface area (Å²) in [4.78, 5) is 14.5. The van der Waals surface area contributed by atoms with E-state index >= 15 is 0 Å². The van der Waals surface area contributed by atoms with Crippen LogP contribution in [0.5, 0.6) is 0 Å². The fourth-order valence-electron chi connectivity index (χ4n) is 3.21. The van der Waals surface area contributed by atoms with E-state index in [1.165, 1.54) is 7.11 Å². The van der Waals surface area contributed by atoms with Crippen LogP contribution in [0.15, 0.2) is 41.9 Å². The third kappa shape index (κ3) is 3.10. The molecule has 7 heteroatoms. The molecular weight excluding hydrogens is 348 g/mol. The van der Waals surface area contributed by atoms with Crippen LogP contribution in [0.3, 0.4) is 0 Å². The topological polar surface area (TPSA) is 59.4 Å². The zero-order valence-electron chi connectivity index (χ0n) is 15.5. The number of aromatic nitrogens is 2. The summed E-state index contributed by atoms with van der Waals surface area (Å²) in [6.45, 7) is 5.95. The molecule has 0 aliphatic carbocycles. The highest BCUT2D eigenvalue weighted by Crippen LogP contribution is 2.35. The van der Waals surface area contributed by atoms with E-state index in [0.29, 0.717) is 10.7 Å². The van der Waals surface area contributed by atoms with Crippen molar-refractivity contribution in [3.63, 3.8) is 0 Å². The Bertz CT molecular complexity index is 916. The van der Waals surface area contributed by atoms with Crippen molar-refractivity contribution in [1.82, 2.24) is 15.1 Å². The summed E-state index contributed by atoms with van der Waals surface area (Å²) in [5.41, 5.74) is 5.28. The Morgan fingerprint density at radius 2 is 2.04 bits per heavy atom. The van der Waals surface area contributed by atoms with E-state index < -0.39 is 6.04 Å². The maximum atomic E-state index is 12.6. The van der Waals surface area contributed by atoms with Crippen molar-refractivity contribution in [2.24, 2.45) is 7.05 Å². The van der Waals surface area contributed by atoms with E-state index in [-0.39, 0.29) is 5.97 Å². The van der Waals surface area contributed by atoms with Crippen LogP contribution >= 0.6 is 12.2 Å². The number of nitrogens with one attached hydrogen (secondary N) is 1. The van der Waals surface area contributed by atoms with Crippen LogP contribution in [0.25, 0.3) is 0 Å². The molecule has 1 aliphatic heterocycles. The van der Waals surface area contributed by atoms with Crippen LogP contribution in [0.1, 0.15) is 29.7 Å². The third-order valence-corrected chi connectivity index (χ3v) is 4.85. The van der Waals surface area contributed by atoms with E-state index in [4.69, 9.17) is 17.0 Å². The van der Waals surface area contributed by atoms with Gasteiger partial charge in [0.1, 0.15) is 0 Å². The lowest BCUT2D eigenvalue weighted by atomic mass is 9.96. The Morgan fingerprint density at radius 1 is 1.31 bits per heavy atom. The second kappa shape index (κ2) is 6.92. The molecule has 2 aromatic rings. The van der Waals surface area contributed by atoms with Gasteiger partial charge in [-0.2, -0.15) is 5.10 Å². The molecule has 1 atom stereocenters. The van der Waals surface area contributed by atoms with Crippen LogP contribution in [0.2, 0.25) is 0 Å². The number of esters is 1. The van der Waals surface area contributed by atoms with Gasteiger partial charge in [0.05, 0.1) is 30.6 Å². The van der Waals surface area contributed by atoms with Gasteiger partial charge < -0.3 is 10.1 Å². The maximum Gasteiger partial charge on any atom is 0.337 e. The molecule has 6 nitrogen and oxygen atoms in total. The molecule has 1 N–H and O–H groups in total. The predicted molar refractivity (Wildman–Crippen MR) is 105 cm³/mol. The Morgan fingerprint density at radius 3 is 2.65 bits per heavy atom. The first-order valence-electron chi connectivity index (χ1n) is 8.29. The number of hydrogen-bond donors (Lipinski definition) is 1. The van der Waals surface area contributed by atoms with Crippen LogP contribution in [-0.2, 0) is 16.6 Å². The normalized spacial score (nSPS) is 17.3. The van der Waals surface area contributed by atoms with Gasteiger partial charge in [0.25, 0.3) is 0 Å². The summed E-state index contributed by atoms with van der Waals surface area (Å²) >= 11 is 5.65. The second-order valence-electron chi connectivity index (χ2n) is 6.45. The fraction of sp³-hybridized carbons (Fsp3) is 0.316. The van der Waals surface area contributed by atoms with Gasteiger partial charge in [-0.1, -0.05) is 12.1 Å². The molecule has 136 valence electrons. The maximum absolute atomic E-state index is 12.6. The number of hydrogen-bond acceptors (Lipinski definition) is 4. The SMILES string of the molecule is COC(=O)C1=C(C)N(c2cc(C)ccc2C)C(=S)N[C@@H]1c1cnn(C)c1. The van der Waals surface area contributed by atoms with Crippen LogP contribution in [-0.4, -0.2) is 28.0 Å².